The summed E-state index contributed by atoms with van der Waals surface area (Å²) in [4.78, 5) is 69.6. The summed E-state index contributed by atoms with van der Waals surface area (Å²) in [5.74, 6) is -10.2. The number of ketones is 4. The number of aromatic hydroxyl groups is 1. The van der Waals surface area contributed by atoms with Gasteiger partial charge in [-0.1, -0.05) is 19.9 Å². The molecule has 6 atom stereocenters. The van der Waals surface area contributed by atoms with Crippen LogP contribution in [0.3, 0.4) is 0 Å². The monoisotopic (exact) mass is 499 g/mol. The summed E-state index contributed by atoms with van der Waals surface area (Å²) in [6, 6.07) is 2.09. The molecule has 194 valence electrons. The number of benzene rings is 1. The predicted molar refractivity (Wildman–Crippen MR) is 128 cm³/mol. The van der Waals surface area contributed by atoms with E-state index in [0.717, 1.165) is 18.7 Å². The highest BCUT2D eigenvalue weighted by Gasteiger charge is 2.69. The molecule has 0 spiro atoms. The maximum Gasteiger partial charge on any atom is 0.235 e. The molecule has 0 saturated heterocycles. The van der Waals surface area contributed by atoms with Crippen LogP contribution in [0, 0.1) is 23.7 Å². The van der Waals surface area contributed by atoms with E-state index in [4.69, 9.17) is 5.73 Å². The van der Waals surface area contributed by atoms with Gasteiger partial charge in [-0.3, -0.25) is 33.8 Å². The highest BCUT2D eigenvalue weighted by molar-refractivity contribution is 6.32. The minimum absolute atomic E-state index is 0.0336. The first kappa shape index (κ1) is 26.1. The average Bonchev–Trinajstić information content (AvgIpc) is 2.80. The molecule has 2 fully saturated rings. The van der Waals surface area contributed by atoms with E-state index in [2.05, 4.69) is 4.90 Å². The normalized spacial score (nSPS) is 31.9. The lowest BCUT2D eigenvalue weighted by atomic mass is 9.52. The molecule has 1 aromatic rings. The van der Waals surface area contributed by atoms with Gasteiger partial charge in [0.1, 0.15) is 5.75 Å². The summed E-state index contributed by atoms with van der Waals surface area (Å²) in [7, 11) is 3.13. The van der Waals surface area contributed by atoms with Gasteiger partial charge in [-0.25, -0.2) is 0 Å². The van der Waals surface area contributed by atoms with Gasteiger partial charge >= 0.3 is 0 Å². The molecule has 4 N–H and O–H groups in total. The van der Waals surface area contributed by atoms with E-state index in [1.807, 2.05) is 13.8 Å². The largest absolute Gasteiger partial charge is 0.507 e. The summed E-state index contributed by atoms with van der Waals surface area (Å²) in [6.07, 6.45) is 0.321. The Morgan fingerprint density at radius 3 is 2.31 bits per heavy atom. The lowest BCUT2D eigenvalue weighted by molar-refractivity contribution is -0.181. The summed E-state index contributed by atoms with van der Waals surface area (Å²) < 4.78 is 0. The van der Waals surface area contributed by atoms with Gasteiger partial charge in [0.2, 0.25) is 5.91 Å². The molecule has 0 radical (unpaired) electrons. The van der Waals surface area contributed by atoms with Crippen molar-refractivity contribution in [1.82, 2.24) is 9.80 Å². The van der Waals surface area contributed by atoms with Crippen LogP contribution in [0.2, 0.25) is 0 Å². The van der Waals surface area contributed by atoms with Crippen molar-refractivity contribution in [2.24, 2.45) is 29.4 Å². The fourth-order valence-corrected chi connectivity index (χ4v) is 6.51. The molecule has 0 bridgehead atoms. The van der Waals surface area contributed by atoms with Crippen LogP contribution in [0.15, 0.2) is 12.1 Å². The summed E-state index contributed by atoms with van der Waals surface area (Å²) >= 11 is 0. The molecule has 3 aliphatic carbocycles. The number of primary amides is 1. The number of carbonyl (C=O) groups is 5. The lowest BCUT2D eigenvalue weighted by Gasteiger charge is -2.52. The van der Waals surface area contributed by atoms with Crippen LogP contribution >= 0.6 is 0 Å². The van der Waals surface area contributed by atoms with Gasteiger partial charge in [-0.05, 0) is 63.1 Å². The second kappa shape index (κ2) is 9.17. The minimum Gasteiger partial charge on any atom is -0.507 e. The van der Waals surface area contributed by atoms with Gasteiger partial charge < -0.3 is 15.9 Å². The number of phenols is 1. The van der Waals surface area contributed by atoms with Crippen LogP contribution in [-0.2, 0) is 32.1 Å². The number of rotatable bonds is 6. The Hall–Kier alpha value is -2.95. The van der Waals surface area contributed by atoms with Crippen molar-refractivity contribution in [3.63, 3.8) is 0 Å². The number of Topliss-reactive ketones (excluding diaryl/α,β-unsaturated/α-hetero) is 4. The number of fused-ring (bicyclic) bond motifs is 3. The van der Waals surface area contributed by atoms with E-state index >= 15 is 0 Å². The van der Waals surface area contributed by atoms with Crippen molar-refractivity contribution in [3.05, 3.63) is 28.8 Å². The van der Waals surface area contributed by atoms with E-state index < -0.39 is 64.4 Å². The Morgan fingerprint density at radius 1 is 1.11 bits per heavy atom. The van der Waals surface area contributed by atoms with Crippen LogP contribution in [-0.4, -0.2) is 87.9 Å². The maximum atomic E-state index is 13.8. The van der Waals surface area contributed by atoms with Gasteiger partial charge in [0.25, 0.3) is 0 Å². The van der Waals surface area contributed by atoms with Gasteiger partial charge in [-0.15, -0.1) is 0 Å². The van der Waals surface area contributed by atoms with Gasteiger partial charge in [0.15, 0.2) is 34.7 Å². The van der Waals surface area contributed by atoms with Gasteiger partial charge in [-0.2, -0.15) is 0 Å². The molecule has 3 aliphatic rings. The quantitative estimate of drug-likeness (QED) is 0.447. The Balaban J connectivity index is 1.83. The van der Waals surface area contributed by atoms with Crippen molar-refractivity contribution in [2.75, 3.05) is 27.2 Å². The predicted octanol–water partition coefficient (Wildman–Crippen LogP) is -0.291. The van der Waals surface area contributed by atoms with Crippen LogP contribution in [0.25, 0.3) is 0 Å². The average molecular weight is 500 g/mol. The molecular formula is C26H33N3O7. The number of hydrogen-bond acceptors (Lipinski definition) is 9. The number of nitrogens with zero attached hydrogens (tertiary/aromatic N) is 2. The Bertz CT molecular complexity index is 1160. The molecule has 0 aromatic heterocycles. The topological polar surface area (TPSA) is 158 Å². The van der Waals surface area contributed by atoms with E-state index in [1.165, 1.54) is 11.0 Å². The van der Waals surface area contributed by atoms with E-state index in [9.17, 15) is 34.2 Å². The molecule has 1 amide bonds. The zero-order chi connectivity index (χ0) is 26.7. The van der Waals surface area contributed by atoms with Gasteiger partial charge in [0, 0.05) is 12.5 Å². The molecule has 36 heavy (non-hydrogen) atoms. The summed E-state index contributed by atoms with van der Waals surface area (Å²) in [5.41, 5.74) is 4.17. The first-order valence-electron chi connectivity index (χ1n) is 12.3. The number of phenolic OH excluding ortho intramolecular Hbond substituents is 1. The highest BCUT2D eigenvalue weighted by Crippen LogP contribution is 2.51. The fourth-order valence-electron chi connectivity index (χ4n) is 6.51. The Labute approximate surface area is 209 Å². The second-order valence-corrected chi connectivity index (χ2v) is 10.3. The van der Waals surface area contributed by atoms with Crippen LogP contribution in [0.5, 0.6) is 5.75 Å². The van der Waals surface area contributed by atoms with E-state index in [-0.39, 0.29) is 24.2 Å². The molecule has 4 rings (SSSR count). The number of hydrogen-bond donors (Lipinski definition) is 3. The number of aliphatic hydroxyl groups is 1. The van der Waals surface area contributed by atoms with Crippen LogP contribution in [0.1, 0.15) is 41.8 Å². The maximum absolute atomic E-state index is 13.8. The van der Waals surface area contributed by atoms with Crippen LogP contribution < -0.4 is 5.73 Å². The minimum atomic E-state index is -2.70. The van der Waals surface area contributed by atoms with E-state index in [0.29, 0.717) is 12.1 Å². The smallest absolute Gasteiger partial charge is 0.235 e. The van der Waals surface area contributed by atoms with Crippen molar-refractivity contribution < 1.29 is 34.2 Å². The first-order chi connectivity index (χ1) is 16.9. The molecular weight excluding hydrogens is 466 g/mol. The standard InChI is InChI=1S/C26H33N3O7/c1-5-29(6-2)11-12-7-8-16(30)18-14(12)9-13-10-15-20(28(3)4)22(32)19(25(27)35)24(34)26(15,36)23(33)17(13)21(18)31/h7-8,13,15,17,19-20,30,36H,5-6,9-11H2,1-4H3,(H2,27,35)/t13-,15+,17?,19?,20-,26+/m1/s1. The van der Waals surface area contributed by atoms with Crippen molar-refractivity contribution in [3.8, 4) is 5.75 Å². The number of carbonyl (C=O) groups excluding carboxylic acids is 5. The Kier molecular flexibility index (Phi) is 6.65. The van der Waals surface area contributed by atoms with Crippen molar-refractivity contribution >= 4 is 29.0 Å². The third-order valence-electron chi connectivity index (χ3n) is 8.33. The third kappa shape index (κ3) is 3.62. The number of nitrogens with two attached hydrogens (primary N) is 1. The molecule has 10 heteroatoms. The summed E-state index contributed by atoms with van der Waals surface area (Å²) in [5, 5.41) is 22.2. The van der Waals surface area contributed by atoms with Crippen LogP contribution in [0.4, 0.5) is 0 Å². The highest BCUT2D eigenvalue weighted by atomic mass is 16.3. The third-order valence-corrected chi connectivity index (χ3v) is 8.33. The molecule has 2 saturated carbocycles. The second-order valence-electron chi connectivity index (χ2n) is 10.3. The van der Waals surface area contributed by atoms with Gasteiger partial charge in [0.05, 0.1) is 17.5 Å². The molecule has 10 nitrogen and oxygen atoms in total. The number of likely N-dealkylation sites (N-methyl/N-ethyl adjacent to an activating group) is 1. The number of amides is 1. The molecule has 0 heterocycles. The van der Waals surface area contributed by atoms with E-state index in [1.54, 1.807) is 20.2 Å². The van der Waals surface area contributed by atoms with Crippen molar-refractivity contribution in [2.45, 2.75) is 44.9 Å². The molecule has 1 aromatic carbocycles. The SMILES string of the molecule is CCN(CC)Cc1ccc(O)c2c1C[C@@H]1C[C@H]3[C@@H](N(C)C)C(=O)C(C(N)=O)C(=O)[C@@]3(O)C(=O)C1C2=O. The molecule has 0 aliphatic heterocycles. The lowest BCUT2D eigenvalue weighted by Crippen LogP contribution is -2.74. The zero-order valence-electron chi connectivity index (χ0n) is 21.0. The van der Waals surface area contributed by atoms with Crippen molar-refractivity contribution in [1.29, 1.82) is 0 Å². The fraction of sp³-hybridized carbons (Fsp3) is 0.577. The molecule has 2 unspecified atom stereocenters. The Morgan fingerprint density at radius 2 is 1.75 bits per heavy atom. The summed E-state index contributed by atoms with van der Waals surface area (Å²) in [6.45, 7) is 6.18. The zero-order valence-corrected chi connectivity index (χ0v) is 21.0. The first-order valence-corrected chi connectivity index (χ1v) is 12.3.